The standard InChI is InChI=1S/C22H21F3N4O3/c1-12-8-16(22(23,24)25)19-13(2)27-29(20(19)26-12)11-18(30)28-10-15-7-5-4-6-14(15)9-17(28)21(31)32-3/h4-8,17H,9-11H2,1-3H3. The number of benzene rings is 1. The summed E-state index contributed by atoms with van der Waals surface area (Å²) in [6, 6.07) is 7.61. The summed E-state index contributed by atoms with van der Waals surface area (Å²) in [6.07, 6.45) is -4.29. The molecule has 1 aliphatic rings. The van der Waals surface area contributed by atoms with Gasteiger partial charge in [-0.3, -0.25) is 4.79 Å². The molecule has 3 aromatic rings. The first kappa shape index (κ1) is 21.8. The van der Waals surface area contributed by atoms with E-state index < -0.39 is 29.7 Å². The van der Waals surface area contributed by atoms with Crippen LogP contribution in [-0.4, -0.2) is 44.7 Å². The van der Waals surface area contributed by atoms with Crippen molar-refractivity contribution < 1.29 is 27.5 Å². The summed E-state index contributed by atoms with van der Waals surface area (Å²) in [5.74, 6) is -1.01. The Morgan fingerprint density at radius 3 is 2.53 bits per heavy atom. The Morgan fingerprint density at radius 2 is 1.88 bits per heavy atom. The number of amides is 1. The zero-order valence-corrected chi connectivity index (χ0v) is 17.7. The molecule has 168 valence electrons. The number of aromatic nitrogens is 3. The van der Waals surface area contributed by atoms with E-state index in [2.05, 4.69) is 10.1 Å². The topological polar surface area (TPSA) is 77.3 Å². The average Bonchev–Trinajstić information content (AvgIpc) is 3.05. The van der Waals surface area contributed by atoms with Gasteiger partial charge in [0.05, 0.1) is 23.8 Å². The van der Waals surface area contributed by atoms with E-state index in [1.165, 1.54) is 30.5 Å². The summed E-state index contributed by atoms with van der Waals surface area (Å²) in [5, 5.41) is 4.03. The minimum Gasteiger partial charge on any atom is -0.467 e. The third-order valence-electron chi connectivity index (χ3n) is 5.64. The highest BCUT2D eigenvalue weighted by molar-refractivity contribution is 5.87. The van der Waals surface area contributed by atoms with Gasteiger partial charge in [-0.1, -0.05) is 24.3 Å². The van der Waals surface area contributed by atoms with E-state index in [-0.39, 0.29) is 35.5 Å². The summed E-state index contributed by atoms with van der Waals surface area (Å²) < 4.78 is 46.8. The number of carbonyl (C=O) groups excluding carboxylic acids is 2. The zero-order chi connectivity index (χ0) is 23.2. The quantitative estimate of drug-likeness (QED) is 0.578. The fraction of sp³-hybridized carbons (Fsp3) is 0.364. The number of hydrogen-bond acceptors (Lipinski definition) is 5. The van der Waals surface area contributed by atoms with Crippen LogP contribution in [0.4, 0.5) is 13.2 Å². The van der Waals surface area contributed by atoms with Crippen molar-refractivity contribution in [1.82, 2.24) is 19.7 Å². The van der Waals surface area contributed by atoms with Gasteiger partial charge in [0.15, 0.2) is 5.65 Å². The van der Waals surface area contributed by atoms with Gasteiger partial charge in [-0.15, -0.1) is 0 Å². The Hall–Kier alpha value is -3.43. The van der Waals surface area contributed by atoms with Crippen molar-refractivity contribution >= 4 is 22.9 Å². The Bertz CT molecular complexity index is 1220. The third kappa shape index (κ3) is 3.80. The molecule has 0 bridgehead atoms. The van der Waals surface area contributed by atoms with Crippen LogP contribution in [0.5, 0.6) is 0 Å². The number of carbonyl (C=O) groups is 2. The third-order valence-corrected chi connectivity index (χ3v) is 5.64. The molecule has 0 saturated heterocycles. The second-order valence-corrected chi connectivity index (χ2v) is 7.78. The van der Waals surface area contributed by atoms with Crippen LogP contribution in [0.1, 0.15) is 28.1 Å². The molecule has 3 heterocycles. The Morgan fingerprint density at radius 1 is 1.19 bits per heavy atom. The molecule has 1 aliphatic heterocycles. The maximum atomic E-state index is 13.6. The summed E-state index contributed by atoms with van der Waals surface area (Å²) in [5.41, 5.74) is 1.28. The summed E-state index contributed by atoms with van der Waals surface area (Å²) in [6.45, 7) is 2.74. The van der Waals surface area contributed by atoms with Crippen molar-refractivity contribution in [3.63, 3.8) is 0 Å². The van der Waals surface area contributed by atoms with Crippen molar-refractivity contribution in [3.8, 4) is 0 Å². The van der Waals surface area contributed by atoms with Gasteiger partial charge < -0.3 is 9.64 Å². The highest BCUT2D eigenvalue weighted by Crippen LogP contribution is 2.36. The van der Waals surface area contributed by atoms with E-state index >= 15 is 0 Å². The fourth-order valence-corrected chi connectivity index (χ4v) is 4.16. The molecule has 0 aliphatic carbocycles. The first-order valence-electron chi connectivity index (χ1n) is 9.96. The molecule has 4 rings (SSSR count). The summed E-state index contributed by atoms with van der Waals surface area (Å²) in [7, 11) is 1.25. The molecule has 1 atom stereocenters. The lowest BCUT2D eigenvalue weighted by Gasteiger charge is -2.35. The van der Waals surface area contributed by atoms with Gasteiger partial charge in [0.25, 0.3) is 0 Å². The number of ether oxygens (including phenoxy) is 1. The Labute approximate surface area is 181 Å². The van der Waals surface area contributed by atoms with Crippen LogP contribution in [0.25, 0.3) is 11.0 Å². The number of alkyl halides is 3. The first-order valence-corrected chi connectivity index (χ1v) is 9.96. The first-order chi connectivity index (χ1) is 15.1. The van der Waals surface area contributed by atoms with Gasteiger partial charge in [0, 0.05) is 18.7 Å². The lowest BCUT2D eigenvalue weighted by Crippen LogP contribution is -2.50. The van der Waals surface area contributed by atoms with Crippen molar-refractivity contribution in [1.29, 1.82) is 0 Å². The van der Waals surface area contributed by atoms with Gasteiger partial charge in [-0.2, -0.15) is 18.3 Å². The molecular weight excluding hydrogens is 425 g/mol. The molecule has 1 unspecified atom stereocenters. The predicted octanol–water partition coefficient (Wildman–Crippen LogP) is 3.19. The van der Waals surface area contributed by atoms with Crippen LogP contribution in [-0.2, 0) is 40.0 Å². The second kappa shape index (κ2) is 7.92. The minimum absolute atomic E-state index is 0.0183. The SMILES string of the molecule is COC(=O)C1Cc2ccccc2CN1C(=O)Cn1nc(C)c2c(C(F)(F)F)cc(C)nc21. The molecule has 0 N–H and O–H groups in total. The number of rotatable bonds is 3. The van der Waals surface area contributed by atoms with E-state index in [1.54, 1.807) is 0 Å². The van der Waals surface area contributed by atoms with Crippen LogP contribution in [0.15, 0.2) is 30.3 Å². The van der Waals surface area contributed by atoms with E-state index in [1.807, 2.05) is 24.3 Å². The highest BCUT2D eigenvalue weighted by atomic mass is 19.4. The van der Waals surface area contributed by atoms with E-state index in [0.29, 0.717) is 6.42 Å². The summed E-state index contributed by atoms with van der Waals surface area (Å²) in [4.78, 5) is 31.2. The van der Waals surface area contributed by atoms with E-state index in [0.717, 1.165) is 17.2 Å². The lowest BCUT2D eigenvalue weighted by molar-refractivity contribution is -0.154. The highest BCUT2D eigenvalue weighted by Gasteiger charge is 2.37. The molecule has 7 nitrogen and oxygen atoms in total. The summed E-state index contributed by atoms with van der Waals surface area (Å²) >= 11 is 0. The van der Waals surface area contributed by atoms with Gasteiger partial charge in [-0.05, 0) is 31.0 Å². The van der Waals surface area contributed by atoms with E-state index in [9.17, 15) is 22.8 Å². The minimum atomic E-state index is -4.58. The van der Waals surface area contributed by atoms with Gasteiger partial charge in [0.1, 0.15) is 12.6 Å². The van der Waals surface area contributed by atoms with Gasteiger partial charge >= 0.3 is 12.1 Å². The maximum Gasteiger partial charge on any atom is 0.417 e. The number of aryl methyl sites for hydroxylation is 2. The van der Waals surface area contributed by atoms with Crippen molar-refractivity contribution in [2.24, 2.45) is 0 Å². The number of fused-ring (bicyclic) bond motifs is 2. The maximum absolute atomic E-state index is 13.6. The molecule has 0 spiro atoms. The lowest BCUT2D eigenvalue weighted by atomic mass is 9.94. The molecular formula is C22H21F3N4O3. The van der Waals surface area contributed by atoms with Gasteiger partial charge in [0.2, 0.25) is 5.91 Å². The smallest absolute Gasteiger partial charge is 0.417 e. The molecule has 0 radical (unpaired) electrons. The Kier molecular flexibility index (Phi) is 5.39. The molecule has 32 heavy (non-hydrogen) atoms. The fourth-order valence-electron chi connectivity index (χ4n) is 4.16. The number of esters is 1. The van der Waals surface area contributed by atoms with Crippen molar-refractivity contribution in [2.75, 3.05) is 7.11 Å². The number of halogens is 3. The monoisotopic (exact) mass is 446 g/mol. The molecule has 2 aromatic heterocycles. The number of nitrogens with zero attached hydrogens (tertiary/aromatic N) is 4. The van der Waals surface area contributed by atoms with E-state index in [4.69, 9.17) is 4.74 Å². The van der Waals surface area contributed by atoms with Crippen LogP contribution < -0.4 is 0 Å². The normalized spacial score (nSPS) is 16.2. The zero-order valence-electron chi connectivity index (χ0n) is 17.7. The second-order valence-electron chi connectivity index (χ2n) is 7.78. The largest absolute Gasteiger partial charge is 0.467 e. The van der Waals surface area contributed by atoms with Crippen molar-refractivity contribution in [2.45, 2.75) is 45.6 Å². The average molecular weight is 446 g/mol. The van der Waals surface area contributed by atoms with Crippen LogP contribution >= 0.6 is 0 Å². The molecule has 0 saturated carbocycles. The molecule has 10 heteroatoms. The van der Waals surface area contributed by atoms with Crippen LogP contribution in [0.2, 0.25) is 0 Å². The molecule has 1 amide bonds. The number of hydrogen-bond donors (Lipinski definition) is 0. The Balaban J connectivity index is 1.72. The van der Waals surface area contributed by atoms with Crippen LogP contribution in [0.3, 0.4) is 0 Å². The van der Waals surface area contributed by atoms with Crippen molar-refractivity contribution in [3.05, 3.63) is 58.4 Å². The molecule has 1 aromatic carbocycles. The predicted molar refractivity (Wildman–Crippen MR) is 109 cm³/mol. The number of pyridine rings is 1. The van der Waals surface area contributed by atoms with Crippen LogP contribution in [0, 0.1) is 13.8 Å². The molecule has 0 fully saturated rings. The number of methoxy groups -OCH3 is 1. The van der Waals surface area contributed by atoms with Gasteiger partial charge in [-0.25, -0.2) is 14.5 Å².